The molecule has 0 radical (unpaired) electrons. The lowest BCUT2D eigenvalue weighted by atomic mass is 10.1. The maximum Gasteiger partial charge on any atom is 0.404 e. The zero-order chi connectivity index (χ0) is 10.9. The molecule has 0 aromatic rings. The molecule has 1 atom stereocenters. The maximum atomic E-state index is 12.8. The van der Waals surface area contributed by atoms with Crippen molar-refractivity contribution in [3.63, 3.8) is 0 Å². The summed E-state index contributed by atoms with van der Waals surface area (Å²) in [7, 11) is 0. The zero-order valence-corrected chi connectivity index (χ0v) is 11.1. The van der Waals surface area contributed by atoms with E-state index in [0.29, 0.717) is 38.5 Å². The highest BCUT2D eigenvalue weighted by Gasteiger charge is 2.46. The minimum atomic E-state index is -4.06. The fourth-order valence-corrected chi connectivity index (χ4v) is 2.15. The minimum absolute atomic E-state index is 0. The van der Waals surface area contributed by atoms with Gasteiger partial charge >= 0.3 is 6.18 Å². The Morgan fingerprint density at radius 3 is 2.06 bits per heavy atom. The van der Waals surface area contributed by atoms with Gasteiger partial charge in [0.15, 0.2) is 0 Å². The van der Waals surface area contributed by atoms with E-state index in [0.717, 1.165) is 12.8 Å². The fourth-order valence-electron chi connectivity index (χ4n) is 2.15. The van der Waals surface area contributed by atoms with E-state index in [1.54, 1.807) is 4.90 Å². The molecule has 1 saturated carbocycles. The molecule has 7 heteroatoms. The van der Waals surface area contributed by atoms with E-state index in [1.165, 1.54) is 0 Å². The van der Waals surface area contributed by atoms with Gasteiger partial charge in [-0.05, 0) is 12.3 Å². The lowest BCUT2D eigenvalue weighted by molar-refractivity contribution is -0.188. The number of hydrogen-bond acceptors (Lipinski definition) is 2. The van der Waals surface area contributed by atoms with Crippen LogP contribution in [0.5, 0.6) is 0 Å². The Labute approximate surface area is 112 Å². The van der Waals surface area contributed by atoms with Crippen LogP contribution in [0.15, 0.2) is 0 Å². The van der Waals surface area contributed by atoms with Gasteiger partial charge in [0.1, 0.15) is 6.04 Å². The molecular weight excluding hydrogens is 276 g/mol. The average Bonchev–Trinajstić information content (AvgIpc) is 2.97. The molecule has 1 heterocycles. The summed E-state index contributed by atoms with van der Waals surface area (Å²) in [5.74, 6) is 0.325. The Hall–Kier alpha value is 0.290. The van der Waals surface area contributed by atoms with Crippen LogP contribution in [0.3, 0.4) is 0 Å². The highest BCUT2D eigenvalue weighted by atomic mass is 35.5. The summed E-state index contributed by atoms with van der Waals surface area (Å²) in [4.78, 5) is 1.59. The van der Waals surface area contributed by atoms with Crippen LogP contribution in [0.1, 0.15) is 19.3 Å². The van der Waals surface area contributed by atoms with Gasteiger partial charge < -0.3 is 5.32 Å². The van der Waals surface area contributed by atoms with Crippen molar-refractivity contribution in [2.45, 2.75) is 31.5 Å². The summed E-state index contributed by atoms with van der Waals surface area (Å²) in [5, 5.41) is 3.08. The van der Waals surface area contributed by atoms with E-state index < -0.39 is 12.2 Å². The molecule has 1 N–H and O–H groups in total. The van der Waals surface area contributed by atoms with E-state index >= 15 is 0 Å². The van der Waals surface area contributed by atoms with Crippen molar-refractivity contribution in [1.29, 1.82) is 0 Å². The first-order valence-corrected chi connectivity index (χ1v) is 5.59. The molecule has 0 aromatic carbocycles. The lowest BCUT2D eigenvalue weighted by Gasteiger charge is -2.36. The van der Waals surface area contributed by atoms with Crippen LogP contribution in [-0.4, -0.2) is 43.3 Å². The quantitative estimate of drug-likeness (QED) is 0.860. The van der Waals surface area contributed by atoms with Crippen LogP contribution < -0.4 is 5.32 Å². The fraction of sp³-hybridized carbons (Fsp3) is 1.00. The van der Waals surface area contributed by atoms with Gasteiger partial charge in [-0.2, -0.15) is 13.2 Å². The van der Waals surface area contributed by atoms with E-state index in [9.17, 15) is 13.2 Å². The molecule has 0 amide bonds. The summed E-state index contributed by atoms with van der Waals surface area (Å²) >= 11 is 0. The summed E-state index contributed by atoms with van der Waals surface area (Å²) in [6, 6.07) is -1.20. The van der Waals surface area contributed by atoms with Crippen LogP contribution >= 0.6 is 24.8 Å². The Balaban J connectivity index is 0.00000128. The Kier molecular flexibility index (Phi) is 7.14. The summed E-state index contributed by atoms with van der Waals surface area (Å²) in [5.41, 5.74) is 0. The van der Waals surface area contributed by atoms with Gasteiger partial charge in [-0.3, -0.25) is 4.90 Å². The summed E-state index contributed by atoms with van der Waals surface area (Å²) in [6.07, 6.45) is -1.78. The summed E-state index contributed by atoms with van der Waals surface area (Å²) < 4.78 is 38.5. The van der Waals surface area contributed by atoms with Gasteiger partial charge in [-0.25, -0.2) is 0 Å². The molecule has 2 nitrogen and oxygen atoms in total. The Bertz CT molecular complexity index is 216. The van der Waals surface area contributed by atoms with Crippen molar-refractivity contribution in [1.82, 2.24) is 10.2 Å². The van der Waals surface area contributed by atoms with Crippen LogP contribution in [0.25, 0.3) is 0 Å². The molecule has 104 valence electrons. The van der Waals surface area contributed by atoms with Crippen LogP contribution in [-0.2, 0) is 0 Å². The van der Waals surface area contributed by atoms with Crippen molar-refractivity contribution in [3.05, 3.63) is 0 Å². The molecule has 0 unspecified atom stereocenters. The van der Waals surface area contributed by atoms with Crippen molar-refractivity contribution < 1.29 is 13.2 Å². The minimum Gasteiger partial charge on any atom is -0.314 e. The molecule has 2 fully saturated rings. The first-order valence-electron chi connectivity index (χ1n) is 5.59. The Morgan fingerprint density at radius 1 is 1.12 bits per heavy atom. The number of rotatable bonds is 3. The molecule has 1 aliphatic heterocycles. The van der Waals surface area contributed by atoms with Crippen molar-refractivity contribution in [2.24, 2.45) is 5.92 Å². The number of hydrogen-bond donors (Lipinski definition) is 1. The number of piperazine rings is 1. The smallest absolute Gasteiger partial charge is 0.314 e. The predicted octanol–water partition coefficient (Wildman–Crippen LogP) is 2.47. The molecular formula is C10H19Cl2F3N2. The molecule has 0 bridgehead atoms. The molecule has 17 heavy (non-hydrogen) atoms. The van der Waals surface area contributed by atoms with Gasteiger partial charge in [-0.1, -0.05) is 12.8 Å². The van der Waals surface area contributed by atoms with Crippen molar-refractivity contribution >= 4 is 24.8 Å². The molecule has 2 aliphatic rings. The van der Waals surface area contributed by atoms with Crippen molar-refractivity contribution in [3.8, 4) is 0 Å². The molecule has 1 aliphatic carbocycles. The van der Waals surface area contributed by atoms with Gasteiger partial charge in [-0.15, -0.1) is 24.8 Å². The standard InChI is InChI=1S/C10H17F3N2.2ClH/c11-10(12,13)9(7-8-1-2-8)15-5-3-14-4-6-15;;/h8-9,14H,1-7H2;2*1H/t9-;;/m1../s1. The second-order valence-electron chi connectivity index (χ2n) is 4.52. The molecule has 2 rings (SSSR count). The van der Waals surface area contributed by atoms with Crippen LogP contribution in [0, 0.1) is 5.92 Å². The van der Waals surface area contributed by atoms with E-state index in [1.807, 2.05) is 0 Å². The number of nitrogens with one attached hydrogen (secondary N) is 1. The highest BCUT2D eigenvalue weighted by Crippen LogP contribution is 2.39. The zero-order valence-electron chi connectivity index (χ0n) is 9.50. The topological polar surface area (TPSA) is 15.3 Å². The van der Waals surface area contributed by atoms with E-state index in [4.69, 9.17) is 0 Å². The van der Waals surface area contributed by atoms with Gasteiger partial charge in [0, 0.05) is 26.2 Å². The van der Waals surface area contributed by atoms with Crippen molar-refractivity contribution in [2.75, 3.05) is 26.2 Å². The largest absolute Gasteiger partial charge is 0.404 e. The van der Waals surface area contributed by atoms with Gasteiger partial charge in [0.2, 0.25) is 0 Å². The lowest BCUT2D eigenvalue weighted by Crippen LogP contribution is -2.53. The normalized spacial score (nSPS) is 23.5. The van der Waals surface area contributed by atoms with Crippen LogP contribution in [0.2, 0.25) is 0 Å². The number of alkyl halides is 3. The monoisotopic (exact) mass is 294 g/mol. The highest BCUT2D eigenvalue weighted by molar-refractivity contribution is 5.85. The number of nitrogens with zero attached hydrogens (tertiary/aromatic N) is 1. The molecule has 0 aromatic heterocycles. The average molecular weight is 295 g/mol. The predicted molar refractivity (Wildman–Crippen MR) is 66.1 cm³/mol. The molecule has 1 saturated heterocycles. The van der Waals surface area contributed by atoms with E-state index in [-0.39, 0.29) is 24.8 Å². The molecule has 0 spiro atoms. The van der Waals surface area contributed by atoms with Gasteiger partial charge in [0.05, 0.1) is 0 Å². The first kappa shape index (κ1) is 17.3. The Morgan fingerprint density at radius 2 is 1.65 bits per heavy atom. The van der Waals surface area contributed by atoms with Gasteiger partial charge in [0.25, 0.3) is 0 Å². The first-order chi connectivity index (χ1) is 7.07. The van der Waals surface area contributed by atoms with E-state index in [2.05, 4.69) is 5.32 Å². The second kappa shape index (κ2) is 7.02. The third kappa shape index (κ3) is 5.20. The number of halogens is 5. The SMILES string of the molecule is Cl.Cl.FC(F)(F)[C@@H](CC1CC1)N1CCNCC1. The van der Waals surface area contributed by atoms with Crippen LogP contribution in [0.4, 0.5) is 13.2 Å². The second-order valence-corrected chi connectivity index (χ2v) is 4.52. The third-order valence-electron chi connectivity index (χ3n) is 3.22. The maximum absolute atomic E-state index is 12.8. The third-order valence-corrected chi connectivity index (χ3v) is 3.22. The summed E-state index contributed by atoms with van der Waals surface area (Å²) in [6.45, 7) is 2.41.